The van der Waals surface area contributed by atoms with Crippen molar-refractivity contribution in [3.63, 3.8) is 0 Å². The average molecular weight is 369 g/mol. The van der Waals surface area contributed by atoms with Crippen LogP contribution in [0.1, 0.15) is 16.8 Å². The maximum atomic E-state index is 12.9. The third kappa shape index (κ3) is 3.96. The van der Waals surface area contributed by atoms with Crippen molar-refractivity contribution in [2.75, 3.05) is 42.6 Å². The predicted octanol–water partition coefficient (Wildman–Crippen LogP) is 2.93. The van der Waals surface area contributed by atoms with Crippen LogP contribution in [0.25, 0.3) is 0 Å². The van der Waals surface area contributed by atoms with Gasteiger partial charge in [0.05, 0.1) is 0 Å². The molecule has 2 aliphatic rings. The summed E-state index contributed by atoms with van der Waals surface area (Å²) in [5.41, 5.74) is 1.88. The highest BCUT2D eigenvalue weighted by Gasteiger charge is 2.23. The first-order chi connectivity index (χ1) is 12.8. The van der Waals surface area contributed by atoms with Crippen molar-refractivity contribution in [1.82, 2.24) is 9.88 Å². The van der Waals surface area contributed by atoms with Crippen LogP contribution in [0.4, 0.5) is 5.69 Å². The quantitative estimate of drug-likeness (QED) is 0.829. The molecule has 0 radical (unpaired) electrons. The number of hydrogen-bond donors (Lipinski definition) is 0. The molecule has 2 fully saturated rings. The summed E-state index contributed by atoms with van der Waals surface area (Å²) in [7, 11) is 0. The number of thioether (sulfide) groups is 1. The lowest BCUT2D eigenvalue weighted by Gasteiger charge is -2.36. The standard InChI is InChI=1S/C20H23N3O2S/c24-20(16-6-8-21-19(14-16)25-18-7-13-26-15-18)23-11-9-22(10-12-23)17-4-2-1-3-5-17/h1-6,8,14,18H,7,9-13,15H2. The van der Waals surface area contributed by atoms with Gasteiger partial charge in [-0.25, -0.2) is 4.98 Å². The van der Waals surface area contributed by atoms with Crippen LogP contribution < -0.4 is 9.64 Å². The molecule has 0 N–H and O–H groups in total. The molecule has 2 saturated heterocycles. The highest BCUT2D eigenvalue weighted by atomic mass is 32.2. The van der Waals surface area contributed by atoms with Gasteiger partial charge in [-0.1, -0.05) is 18.2 Å². The molecule has 2 aromatic rings. The summed E-state index contributed by atoms with van der Waals surface area (Å²) in [4.78, 5) is 21.4. The number of nitrogens with zero attached hydrogens (tertiary/aromatic N) is 3. The minimum atomic E-state index is 0.0609. The Balaban J connectivity index is 1.37. The van der Waals surface area contributed by atoms with Crippen LogP contribution in [0.5, 0.6) is 5.88 Å². The molecule has 1 aromatic heterocycles. The SMILES string of the molecule is O=C(c1ccnc(OC2CCSC2)c1)N1CCN(c2ccccc2)CC1. The van der Waals surface area contributed by atoms with E-state index < -0.39 is 0 Å². The largest absolute Gasteiger partial charge is 0.473 e. The third-order valence-electron chi connectivity index (χ3n) is 4.85. The first-order valence-electron chi connectivity index (χ1n) is 9.09. The van der Waals surface area contributed by atoms with Crippen LogP contribution in [0.15, 0.2) is 48.7 Å². The number of aromatic nitrogens is 1. The molecule has 2 aliphatic heterocycles. The second-order valence-electron chi connectivity index (χ2n) is 6.60. The smallest absolute Gasteiger partial charge is 0.254 e. The Morgan fingerprint density at radius 3 is 2.65 bits per heavy atom. The number of carbonyl (C=O) groups is 1. The molecule has 4 rings (SSSR count). The van der Waals surface area contributed by atoms with Crippen molar-refractivity contribution in [1.29, 1.82) is 0 Å². The summed E-state index contributed by atoms with van der Waals surface area (Å²) in [6, 6.07) is 13.9. The summed E-state index contributed by atoms with van der Waals surface area (Å²) < 4.78 is 5.92. The number of rotatable bonds is 4. The number of benzene rings is 1. The second kappa shape index (κ2) is 7.99. The molecule has 1 unspecified atom stereocenters. The molecule has 26 heavy (non-hydrogen) atoms. The minimum Gasteiger partial charge on any atom is -0.473 e. The van der Waals surface area contributed by atoms with Crippen LogP contribution >= 0.6 is 11.8 Å². The zero-order valence-corrected chi connectivity index (χ0v) is 15.5. The van der Waals surface area contributed by atoms with Crippen molar-refractivity contribution in [3.05, 3.63) is 54.2 Å². The van der Waals surface area contributed by atoms with Crippen molar-refractivity contribution >= 4 is 23.4 Å². The first kappa shape index (κ1) is 17.2. The summed E-state index contributed by atoms with van der Waals surface area (Å²) in [5, 5.41) is 0. The fraction of sp³-hybridized carbons (Fsp3) is 0.400. The lowest BCUT2D eigenvalue weighted by molar-refractivity contribution is 0.0745. The maximum Gasteiger partial charge on any atom is 0.254 e. The van der Waals surface area contributed by atoms with Gasteiger partial charge < -0.3 is 14.5 Å². The summed E-state index contributed by atoms with van der Waals surface area (Å²) in [5.74, 6) is 2.76. The first-order valence-corrected chi connectivity index (χ1v) is 10.2. The highest BCUT2D eigenvalue weighted by molar-refractivity contribution is 7.99. The van der Waals surface area contributed by atoms with E-state index >= 15 is 0 Å². The van der Waals surface area contributed by atoms with Gasteiger partial charge in [-0.2, -0.15) is 11.8 Å². The van der Waals surface area contributed by atoms with E-state index in [-0.39, 0.29) is 12.0 Å². The fourth-order valence-corrected chi connectivity index (χ4v) is 4.47. The van der Waals surface area contributed by atoms with Gasteiger partial charge >= 0.3 is 0 Å². The van der Waals surface area contributed by atoms with Crippen LogP contribution in [-0.2, 0) is 0 Å². The topological polar surface area (TPSA) is 45.7 Å². The van der Waals surface area contributed by atoms with Gasteiger partial charge in [-0.15, -0.1) is 0 Å². The lowest BCUT2D eigenvalue weighted by Crippen LogP contribution is -2.48. The fourth-order valence-electron chi connectivity index (χ4n) is 3.37. The summed E-state index contributed by atoms with van der Waals surface area (Å²) in [6.45, 7) is 3.16. The minimum absolute atomic E-state index is 0.0609. The van der Waals surface area contributed by atoms with E-state index in [4.69, 9.17) is 4.74 Å². The molecule has 1 aromatic carbocycles. The number of pyridine rings is 1. The van der Waals surface area contributed by atoms with E-state index in [0.717, 1.165) is 44.1 Å². The van der Waals surface area contributed by atoms with Gasteiger partial charge in [0, 0.05) is 55.4 Å². The Labute approximate surface area is 158 Å². The molecule has 1 amide bonds. The predicted molar refractivity (Wildman–Crippen MR) is 105 cm³/mol. The summed E-state index contributed by atoms with van der Waals surface area (Å²) in [6.07, 6.45) is 2.93. The Morgan fingerprint density at radius 2 is 1.92 bits per heavy atom. The highest BCUT2D eigenvalue weighted by Crippen LogP contribution is 2.23. The molecule has 0 saturated carbocycles. The lowest BCUT2D eigenvalue weighted by atomic mass is 10.2. The van der Waals surface area contributed by atoms with Crippen molar-refractivity contribution in [3.8, 4) is 5.88 Å². The van der Waals surface area contributed by atoms with Gasteiger partial charge in [0.2, 0.25) is 5.88 Å². The Kier molecular flexibility index (Phi) is 5.29. The van der Waals surface area contributed by atoms with Gasteiger partial charge in [0.15, 0.2) is 0 Å². The normalized spacial score (nSPS) is 20.2. The molecular weight excluding hydrogens is 346 g/mol. The van der Waals surface area contributed by atoms with Crippen molar-refractivity contribution in [2.24, 2.45) is 0 Å². The van der Waals surface area contributed by atoms with E-state index in [1.807, 2.05) is 34.9 Å². The van der Waals surface area contributed by atoms with Crippen LogP contribution in [0, 0.1) is 0 Å². The molecular formula is C20H23N3O2S. The van der Waals surface area contributed by atoms with E-state index in [0.29, 0.717) is 11.4 Å². The van der Waals surface area contributed by atoms with Gasteiger partial charge in [-0.05, 0) is 30.4 Å². The van der Waals surface area contributed by atoms with E-state index in [1.54, 1.807) is 18.3 Å². The third-order valence-corrected chi connectivity index (χ3v) is 5.98. The number of hydrogen-bond acceptors (Lipinski definition) is 5. The van der Waals surface area contributed by atoms with Gasteiger partial charge in [-0.3, -0.25) is 4.79 Å². The molecule has 136 valence electrons. The van der Waals surface area contributed by atoms with E-state index in [9.17, 15) is 4.79 Å². The Bertz CT molecular complexity index is 742. The number of para-hydroxylation sites is 1. The van der Waals surface area contributed by atoms with Crippen LogP contribution in [-0.4, -0.2) is 59.6 Å². The van der Waals surface area contributed by atoms with Gasteiger partial charge in [0.25, 0.3) is 5.91 Å². The number of anilines is 1. The van der Waals surface area contributed by atoms with Crippen LogP contribution in [0.2, 0.25) is 0 Å². The Hall–Kier alpha value is -2.21. The molecule has 1 atom stereocenters. The number of piperazine rings is 1. The van der Waals surface area contributed by atoms with E-state index in [1.165, 1.54) is 5.69 Å². The zero-order chi connectivity index (χ0) is 17.8. The average Bonchev–Trinajstić information content (AvgIpc) is 3.21. The van der Waals surface area contributed by atoms with Gasteiger partial charge in [0.1, 0.15) is 6.10 Å². The second-order valence-corrected chi connectivity index (χ2v) is 7.75. The molecule has 0 aliphatic carbocycles. The summed E-state index contributed by atoms with van der Waals surface area (Å²) >= 11 is 1.90. The molecule has 3 heterocycles. The Morgan fingerprint density at radius 1 is 1.12 bits per heavy atom. The van der Waals surface area contributed by atoms with Crippen LogP contribution in [0.3, 0.4) is 0 Å². The number of carbonyl (C=O) groups excluding carboxylic acids is 1. The van der Waals surface area contributed by atoms with Crippen molar-refractivity contribution < 1.29 is 9.53 Å². The number of amides is 1. The number of ether oxygens (including phenoxy) is 1. The maximum absolute atomic E-state index is 12.9. The molecule has 6 heteroatoms. The van der Waals surface area contributed by atoms with Crippen molar-refractivity contribution in [2.45, 2.75) is 12.5 Å². The molecule has 0 spiro atoms. The van der Waals surface area contributed by atoms with E-state index in [2.05, 4.69) is 22.0 Å². The monoisotopic (exact) mass is 369 g/mol. The molecule has 5 nitrogen and oxygen atoms in total. The zero-order valence-electron chi connectivity index (χ0n) is 14.7. The molecule has 0 bridgehead atoms.